The number of hydrogen-bond acceptors (Lipinski definition) is 6. The van der Waals surface area contributed by atoms with Gasteiger partial charge in [-0.25, -0.2) is 4.68 Å². The standard InChI is InChI=1S/C16H17N7O2/c17-10-16(8-2-1-3-9-16)15(25)20-19-14(24)12-4-6-13(7-5-12)23-11-18-21-22-23/h4-7,11H,1-3,8-9H2,(H,19,24)(H,20,25). The molecular weight excluding hydrogens is 322 g/mol. The van der Waals surface area contributed by atoms with Crippen molar-refractivity contribution in [1.29, 1.82) is 5.26 Å². The fourth-order valence-electron chi connectivity index (χ4n) is 2.90. The third kappa shape index (κ3) is 3.47. The summed E-state index contributed by atoms with van der Waals surface area (Å²) in [6, 6.07) is 8.68. The number of amides is 2. The molecule has 2 aromatic rings. The number of aromatic nitrogens is 4. The van der Waals surface area contributed by atoms with Crippen LogP contribution in [0.15, 0.2) is 30.6 Å². The Morgan fingerprint density at radius 2 is 1.84 bits per heavy atom. The Balaban J connectivity index is 1.60. The maximum Gasteiger partial charge on any atom is 0.269 e. The second-order valence-corrected chi connectivity index (χ2v) is 5.96. The molecule has 0 aliphatic heterocycles. The van der Waals surface area contributed by atoms with Crippen LogP contribution >= 0.6 is 0 Å². The van der Waals surface area contributed by atoms with Gasteiger partial charge < -0.3 is 0 Å². The fraction of sp³-hybridized carbons (Fsp3) is 0.375. The number of nitrogens with zero attached hydrogens (tertiary/aromatic N) is 5. The minimum atomic E-state index is -1.05. The molecule has 1 aromatic heterocycles. The van der Waals surface area contributed by atoms with Crippen LogP contribution in [0.25, 0.3) is 5.69 Å². The van der Waals surface area contributed by atoms with E-state index in [1.165, 1.54) is 11.0 Å². The number of carbonyl (C=O) groups excluding carboxylic acids is 2. The number of nitrogens with one attached hydrogen (secondary N) is 2. The van der Waals surface area contributed by atoms with Gasteiger partial charge in [-0.2, -0.15) is 5.26 Å². The number of carbonyl (C=O) groups is 2. The van der Waals surface area contributed by atoms with Crippen molar-refractivity contribution >= 4 is 11.8 Å². The van der Waals surface area contributed by atoms with E-state index in [4.69, 9.17) is 0 Å². The summed E-state index contributed by atoms with van der Waals surface area (Å²) in [5, 5.41) is 20.2. The molecule has 0 radical (unpaired) electrons. The highest BCUT2D eigenvalue weighted by molar-refractivity contribution is 5.96. The first-order chi connectivity index (χ1) is 12.1. The summed E-state index contributed by atoms with van der Waals surface area (Å²) < 4.78 is 1.46. The highest BCUT2D eigenvalue weighted by Gasteiger charge is 2.40. The van der Waals surface area contributed by atoms with Gasteiger partial charge in [-0.3, -0.25) is 20.4 Å². The van der Waals surface area contributed by atoms with Gasteiger partial charge in [-0.1, -0.05) is 19.3 Å². The second-order valence-electron chi connectivity index (χ2n) is 5.96. The first kappa shape index (κ1) is 16.6. The Kier molecular flexibility index (Phi) is 4.70. The maximum atomic E-state index is 12.3. The van der Waals surface area contributed by atoms with Crippen LogP contribution in [0.2, 0.25) is 0 Å². The summed E-state index contributed by atoms with van der Waals surface area (Å²) in [5.41, 5.74) is 4.78. The van der Waals surface area contributed by atoms with Gasteiger partial charge >= 0.3 is 0 Å². The molecule has 1 aliphatic carbocycles. The SMILES string of the molecule is N#CC1(C(=O)NNC(=O)c2ccc(-n3cnnn3)cc2)CCCCC1. The van der Waals surface area contributed by atoms with Crippen LogP contribution in [0, 0.1) is 16.7 Å². The van der Waals surface area contributed by atoms with Crippen LogP contribution in [0.5, 0.6) is 0 Å². The number of hydrogen-bond donors (Lipinski definition) is 2. The first-order valence-corrected chi connectivity index (χ1v) is 8.00. The van der Waals surface area contributed by atoms with Crippen LogP contribution in [0.4, 0.5) is 0 Å². The van der Waals surface area contributed by atoms with Crippen molar-refractivity contribution in [2.45, 2.75) is 32.1 Å². The van der Waals surface area contributed by atoms with E-state index in [0.29, 0.717) is 24.1 Å². The van der Waals surface area contributed by atoms with Gasteiger partial charge in [0.1, 0.15) is 11.7 Å². The van der Waals surface area contributed by atoms with Gasteiger partial charge in [0.05, 0.1) is 11.8 Å². The Hall–Kier alpha value is -3.28. The number of nitriles is 1. The van der Waals surface area contributed by atoms with Crippen molar-refractivity contribution in [3.63, 3.8) is 0 Å². The van der Waals surface area contributed by atoms with Crippen LogP contribution in [0.3, 0.4) is 0 Å². The third-order valence-electron chi connectivity index (χ3n) is 4.39. The molecule has 128 valence electrons. The summed E-state index contributed by atoms with van der Waals surface area (Å²) >= 11 is 0. The van der Waals surface area contributed by atoms with E-state index in [0.717, 1.165) is 19.3 Å². The average molecular weight is 339 g/mol. The molecule has 1 heterocycles. The molecule has 2 N–H and O–H groups in total. The maximum absolute atomic E-state index is 12.3. The number of hydrazine groups is 1. The van der Waals surface area contributed by atoms with Crippen molar-refractivity contribution < 1.29 is 9.59 Å². The van der Waals surface area contributed by atoms with E-state index < -0.39 is 17.2 Å². The zero-order chi connectivity index (χ0) is 17.7. The highest BCUT2D eigenvalue weighted by atomic mass is 16.2. The molecule has 3 rings (SSSR count). The smallest absolute Gasteiger partial charge is 0.269 e. The molecule has 25 heavy (non-hydrogen) atoms. The molecule has 1 aliphatic rings. The molecule has 0 unspecified atom stereocenters. The average Bonchev–Trinajstić information content (AvgIpc) is 3.21. The topological polar surface area (TPSA) is 126 Å². The minimum absolute atomic E-state index is 0.367. The molecule has 0 spiro atoms. The normalized spacial score (nSPS) is 15.8. The summed E-state index contributed by atoms with van der Waals surface area (Å²) in [4.78, 5) is 24.5. The number of rotatable bonds is 3. The summed E-state index contributed by atoms with van der Waals surface area (Å²) in [6.07, 6.45) is 5.19. The molecule has 1 saturated carbocycles. The van der Waals surface area contributed by atoms with Crippen LogP contribution in [0.1, 0.15) is 42.5 Å². The molecule has 2 amide bonds. The molecule has 0 atom stereocenters. The summed E-state index contributed by atoms with van der Waals surface area (Å²) in [7, 11) is 0. The summed E-state index contributed by atoms with van der Waals surface area (Å²) in [6.45, 7) is 0. The lowest BCUT2D eigenvalue weighted by Crippen LogP contribution is -2.49. The fourth-order valence-corrected chi connectivity index (χ4v) is 2.90. The van der Waals surface area contributed by atoms with Crippen LogP contribution in [-0.4, -0.2) is 32.0 Å². The molecule has 9 heteroatoms. The zero-order valence-corrected chi connectivity index (χ0v) is 13.5. The molecule has 1 aromatic carbocycles. The van der Waals surface area contributed by atoms with Crippen molar-refractivity contribution in [3.05, 3.63) is 36.2 Å². The van der Waals surface area contributed by atoms with Gasteiger partial charge in [-0.15, -0.1) is 5.10 Å². The Labute approximate surface area is 144 Å². The third-order valence-corrected chi connectivity index (χ3v) is 4.39. The molecule has 1 fully saturated rings. The Bertz CT molecular complexity index is 787. The van der Waals surface area contributed by atoms with E-state index in [2.05, 4.69) is 32.4 Å². The van der Waals surface area contributed by atoms with E-state index >= 15 is 0 Å². The number of benzene rings is 1. The van der Waals surface area contributed by atoms with Gasteiger partial charge in [-0.05, 0) is 47.5 Å². The minimum Gasteiger partial charge on any atom is -0.271 e. The Morgan fingerprint density at radius 3 is 2.44 bits per heavy atom. The quantitative estimate of drug-likeness (QED) is 0.800. The summed E-state index contributed by atoms with van der Waals surface area (Å²) in [5.74, 6) is -0.908. The van der Waals surface area contributed by atoms with Crippen molar-refractivity contribution in [3.8, 4) is 11.8 Å². The lowest BCUT2D eigenvalue weighted by atomic mass is 9.75. The molecule has 9 nitrogen and oxygen atoms in total. The van der Waals surface area contributed by atoms with Crippen molar-refractivity contribution in [2.24, 2.45) is 5.41 Å². The highest BCUT2D eigenvalue weighted by Crippen LogP contribution is 2.35. The van der Waals surface area contributed by atoms with E-state index in [1.54, 1.807) is 24.3 Å². The van der Waals surface area contributed by atoms with E-state index in [9.17, 15) is 14.9 Å². The Morgan fingerprint density at radius 1 is 1.12 bits per heavy atom. The van der Waals surface area contributed by atoms with Gasteiger partial charge in [0.15, 0.2) is 0 Å². The molecule has 0 bridgehead atoms. The number of tetrazole rings is 1. The van der Waals surface area contributed by atoms with E-state index in [-0.39, 0.29) is 0 Å². The lowest BCUT2D eigenvalue weighted by Gasteiger charge is -2.29. The van der Waals surface area contributed by atoms with Crippen LogP contribution < -0.4 is 10.9 Å². The van der Waals surface area contributed by atoms with Crippen LogP contribution in [-0.2, 0) is 4.79 Å². The monoisotopic (exact) mass is 339 g/mol. The van der Waals surface area contributed by atoms with Gasteiger partial charge in [0, 0.05) is 5.56 Å². The predicted octanol–water partition coefficient (Wildman–Crippen LogP) is 0.897. The zero-order valence-electron chi connectivity index (χ0n) is 13.5. The second kappa shape index (κ2) is 7.09. The van der Waals surface area contributed by atoms with Crippen molar-refractivity contribution in [2.75, 3.05) is 0 Å². The molecule has 0 saturated heterocycles. The van der Waals surface area contributed by atoms with Crippen molar-refractivity contribution in [1.82, 2.24) is 31.1 Å². The van der Waals surface area contributed by atoms with Gasteiger partial charge in [0.25, 0.3) is 11.8 Å². The molecular formula is C16H17N7O2. The van der Waals surface area contributed by atoms with E-state index in [1.807, 2.05) is 0 Å². The largest absolute Gasteiger partial charge is 0.271 e. The predicted molar refractivity (Wildman–Crippen MR) is 85.9 cm³/mol. The van der Waals surface area contributed by atoms with Gasteiger partial charge in [0.2, 0.25) is 0 Å². The first-order valence-electron chi connectivity index (χ1n) is 8.00. The lowest BCUT2D eigenvalue weighted by molar-refractivity contribution is -0.130.